The quantitative estimate of drug-likeness (QED) is 0.520. The van der Waals surface area contributed by atoms with Gasteiger partial charge in [0, 0.05) is 23.4 Å². The molecular weight excluding hydrogens is 278 g/mol. The highest BCUT2D eigenvalue weighted by Gasteiger charge is 2.22. The molecule has 2 N–H and O–H groups in total. The van der Waals surface area contributed by atoms with Crippen LogP contribution < -0.4 is 5.73 Å². The van der Waals surface area contributed by atoms with Crippen LogP contribution >= 0.6 is 0 Å². The van der Waals surface area contributed by atoms with Gasteiger partial charge < -0.3 is 5.73 Å². The van der Waals surface area contributed by atoms with Crippen molar-refractivity contribution in [2.24, 2.45) is 0 Å². The number of hydrogen-bond donors (Lipinski definition) is 1. The standard InChI is InChI=1S/C12H13N5O4/c1-7-12(17(20)21)8(2)15(14-7)6-9-5-10(16(18)19)3-4-11(9)13/h3-5H,6,13H2,1-2H3. The van der Waals surface area contributed by atoms with E-state index in [0.717, 1.165) is 0 Å². The van der Waals surface area contributed by atoms with E-state index in [1.807, 2.05) is 0 Å². The molecule has 0 aliphatic carbocycles. The predicted molar refractivity (Wildman–Crippen MR) is 75.0 cm³/mol. The first-order valence-corrected chi connectivity index (χ1v) is 6.02. The maximum absolute atomic E-state index is 11.0. The Bertz CT molecular complexity index is 737. The smallest absolute Gasteiger partial charge is 0.312 e. The number of nitrogens with two attached hydrogens (primary N) is 1. The van der Waals surface area contributed by atoms with Crippen molar-refractivity contribution >= 4 is 17.1 Å². The first-order chi connectivity index (χ1) is 9.81. The zero-order valence-electron chi connectivity index (χ0n) is 11.4. The van der Waals surface area contributed by atoms with E-state index in [9.17, 15) is 20.2 Å². The third-order valence-electron chi connectivity index (χ3n) is 3.18. The van der Waals surface area contributed by atoms with Gasteiger partial charge in [-0.1, -0.05) is 0 Å². The van der Waals surface area contributed by atoms with Crippen LogP contribution in [0.4, 0.5) is 17.1 Å². The average molecular weight is 291 g/mol. The molecule has 0 fully saturated rings. The van der Waals surface area contributed by atoms with Gasteiger partial charge >= 0.3 is 5.69 Å². The minimum absolute atomic E-state index is 0.0565. The van der Waals surface area contributed by atoms with Crippen LogP contribution in [0.5, 0.6) is 0 Å². The number of aryl methyl sites for hydroxylation is 1. The zero-order valence-corrected chi connectivity index (χ0v) is 11.4. The van der Waals surface area contributed by atoms with Crippen molar-refractivity contribution in [3.8, 4) is 0 Å². The lowest BCUT2D eigenvalue weighted by molar-refractivity contribution is -0.386. The molecule has 21 heavy (non-hydrogen) atoms. The van der Waals surface area contributed by atoms with Gasteiger partial charge in [0.05, 0.1) is 16.4 Å². The Morgan fingerprint density at radius 3 is 2.43 bits per heavy atom. The summed E-state index contributed by atoms with van der Waals surface area (Å²) in [6.07, 6.45) is 0. The molecule has 2 aromatic rings. The van der Waals surface area contributed by atoms with Gasteiger partial charge in [-0.15, -0.1) is 0 Å². The highest BCUT2D eigenvalue weighted by atomic mass is 16.6. The van der Waals surface area contributed by atoms with Crippen molar-refractivity contribution in [3.63, 3.8) is 0 Å². The Labute approximate surface area is 119 Å². The van der Waals surface area contributed by atoms with Gasteiger partial charge in [0.25, 0.3) is 5.69 Å². The molecule has 2 rings (SSSR count). The van der Waals surface area contributed by atoms with Crippen LogP contribution in [-0.4, -0.2) is 19.6 Å². The topological polar surface area (TPSA) is 130 Å². The summed E-state index contributed by atoms with van der Waals surface area (Å²) in [4.78, 5) is 20.7. The van der Waals surface area contributed by atoms with Crippen molar-refractivity contribution in [1.29, 1.82) is 0 Å². The number of nitrogens with zero attached hydrogens (tertiary/aromatic N) is 4. The van der Waals surface area contributed by atoms with Crippen LogP contribution in [0.2, 0.25) is 0 Å². The lowest BCUT2D eigenvalue weighted by Gasteiger charge is -2.07. The van der Waals surface area contributed by atoms with E-state index in [-0.39, 0.29) is 17.9 Å². The Balaban J connectivity index is 2.43. The summed E-state index contributed by atoms with van der Waals surface area (Å²) in [5.74, 6) is 0. The summed E-state index contributed by atoms with van der Waals surface area (Å²) < 4.78 is 1.42. The summed E-state index contributed by atoms with van der Waals surface area (Å²) >= 11 is 0. The highest BCUT2D eigenvalue weighted by Crippen LogP contribution is 2.25. The van der Waals surface area contributed by atoms with Crippen LogP contribution in [0.1, 0.15) is 17.0 Å². The van der Waals surface area contributed by atoms with E-state index >= 15 is 0 Å². The molecule has 9 nitrogen and oxygen atoms in total. The lowest BCUT2D eigenvalue weighted by atomic mass is 10.1. The molecular formula is C12H13N5O4. The molecule has 0 saturated carbocycles. The molecule has 0 amide bonds. The van der Waals surface area contributed by atoms with E-state index in [1.54, 1.807) is 13.8 Å². The van der Waals surface area contributed by atoms with Gasteiger partial charge in [-0.3, -0.25) is 24.9 Å². The Morgan fingerprint density at radius 2 is 1.90 bits per heavy atom. The van der Waals surface area contributed by atoms with Crippen LogP contribution in [0.3, 0.4) is 0 Å². The first-order valence-electron chi connectivity index (χ1n) is 6.02. The largest absolute Gasteiger partial charge is 0.398 e. The van der Waals surface area contributed by atoms with Crippen LogP contribution in [0, 0.1) is 34.1 Å². The molecule has 1 aromatic heterocycles. The number of nitrogen functional groups attached to an aromatic ring is 1. The van der Waals surface area contributed by atoms with E-state index < -0.39 is 9.85 Å². The van der Waals surface area contributed by atoms with E-state index in [4.69, 9.17) is 5.73 Å². The van der Waals surface area contributed by atoms with Crippen LogP contribution in [0.25, 0.3) is 0 Å². The minimum atomic E-state index is -0.521. The van der Waals surface area contributed by atoms with Crippen molar-refractivity contribution in [1.82, 2.24) is 9.78 Å². The highest BCUT2D eigenvalue weighted by molar-refractivity contribution is 5.53. The monoisotopic (exact) mass is 291 g/mol. The number of nitro groups is 2. The van der Waals surface area contributed by atoms with Crippen molar-refractivity contribution < 1.29 is 9.85 Å². The van der Waals surface area contributed by atoms with Crippen molar-refractivity contribution in [3.05, 3.63) is 55.4 Å². The Hall–Kier alpha value is -2.97. The molecule has 0 saturated heterocycles. The summed E-state index contributed by atoms with van der Waals surface area (Å²) in [6.45, 7) is 3.25. The fourth-order valence-corrected chi connectivity index (χ4v) is 2.11. The summed E-state index contributed by atoms with van der Waals surface area (Å²) in [5, 5.41) is 25.8. The van der Waals surface area contributed by atoms with Crippen LogP contribution in [-0.2, 0) is 6.54 Å². The molecule has 0 radical (unpaired) electrons. The lowest BCUT2D eigenvalue weighted by Crippen LogP contribution is -2.07. The summed E-state index contributed by atoms with van der Waals surface area (Å²) in [5.41, 5.74) is 7.18. The molecule has 110 valence electrons. The number of aromatic nitrogens is 2. The second-order valence-electron chi connectivity index (χ2n) is 4.57. The van der Waals surface area contributed by atoms with Gasteiger partial charge in [0.2, 0.25) is 0 Å². The number of non-ortho nitro benzene ring substituents is 1. The molecule has 0 unspecified atom stereocenters. The molecule has 0 atom stereocenters. The number of benzene rings is 1. The minimum Gasteiger partial charge on any atom is -0.398 e. The third-order valence-corrected chi connectivity index (χ3v) is 3.18. The fraction of sp³-hybridized carbons (Fsp3) is 0.250. The zero-order chi connectivity index (χ0) is 15.7. The summed E-state index contributed by atoms with van der Waals surface area (Å²) in [7, 11) is 0. The molecule has 0 aliphatic rings. The number of anilines is 1. The van der Waals surface area contributed by atoms with Gasteiger partial charge in [0.1, 0.15) is 11.4 Å². The third kappa shape index (κ3) is 2.66. The molecule has 0 aliphatic heterocycles. The van der Waals surface area contributed by atoms with Crippen LogP contribution in [0.15, 0.2) is 18.2 Å². The predicted octanol–water partition coefficient (Wildman–Crippen LogP) is 1.95. The number of hydrogen-bond acceptors (Lipinski definition) is 6. The molecule has 0 spiro atoms. The van der Waals surface area contributed by atoms with Gasteiger partial charge in [-0.2, -0.15) is 5.10 Å². The fourth-order valence-electron chi connectivity index (χ4n) is 2.11. The Morgan fingerprint density at radius 1 is 1.24 bits per heavy atom. The normalized spacial score (nSPS) is 10.6. The molecule has 1 aromatic carbocycles. The molecule has 9 heteroatoms. The number of rotatable bonds is 4. The molecule has 0 bridgehead atoms. The average Bonchev–Trinajstić information content (AvgIpc) is 2.66. The summed E-state index contributed by atoms with van der Waals surface area (Å²) in [6, 6.07) is 4.09. The SMILES string of the molecule is Cc1nn(Cc2cc([N+](=O)[O-])ccc2N)c(C)c1[N+](=O)[O-]. The van der Waals surface area contributed by atoms with E-state index in [2.05, 4.69) is 5.10 Å². The van der Waals surface area contributed by atoms with E-state index in [1.165, 1.54) is 22.9 Å². The van der Waals surface area contributed by atoms with E-state index in [0.29, 0.717) is 22.6 Å². The van der Waals surface area contributed by atoms with Crippen molar-refractivity contribution in [2.45, 2.75) is 20.4 Å². The Kier molecular flexibility index (Phi) is 3.57. The molecule has 1 heterocycles. The maximum atomic E-state index is 11.0. The van der Waals surface area contributed by atoms with Crippen molar-refractivity contribution in [2.75, 3.05) is 5.73 Å². The van der Waals surface area contributed by atoms with Gasteiger partial charge in [-0.05, 0) is 19.9 Å². The number of nitro benzene ring substituents is 1. The first kappa shape index (κ1) is 14.4. The van der Waals surface area contributed by atoms with Gasteiger partial charge in [0.15, 0.2) is 0 Å². The maximum Gasteiger partial charge on any atom is 0.312 e. The van der Waals surface area contributed by atoms with Gasteiger partial charge in [-0.25, -0.2) is 0 Å². The second-order valence-corrected chi connectivity index (χ2v) is 4.57. The second kappa shape index (κ2) is 5.19.